The van der Waals surface area contributed by atoms with E-state index in [1.165, 1.54) is 12.8 Å². The molecule has 0 radical (unpaired) electrons. The first-order valence-electron chi connectivity index (χ1n) is 4.32. The summed E-state index contributed by atoms with van der Waals surface area (Å²) in [6.07, 6.45) is 2.39. The first kappa shape index (κ1) is 13.5. The SMILES string of the molecule is C#N.CC.CC(=O)N1CCCC1. The Morgan fingerprint density at radius 1 is 1.25 bits per heavy atom. The van der Waals surface area contributed by atoms with Crippen molar-refractivity contribution in [2.75, 3.05) is 13.1 Å². The third-order valence-corrected chi connectivity index (χ3v) is 1.55. The maximum absolute atomic E-state index is 10.6. The molecule has 1 heterocycles. The fraction of sp³-hybridized carbons (Fsp3) is 0.778. The largest absolute Gasteiger partial charge is 0.343 e. The fourth-order valence-corrected chi connectivity index (χ4v) is 1.03. The Kier molecular flexibility index (Phi) is 11.2. The van der Waals surface area contributed by atoms with Gasteiger partial charge in [0.15, 0.2) is 0 Å². The van der Waals surface area contributed by atoms with Crippen molar-refractivity contribution in [2.45, 2.75) is 33.6 Å². The van der Waals surface area contributed by atoms with Gasteiger partial charge < -0.3 is 4.90 Å². The average molecular weight is 170 g/mol. The quantitative estimate of drug-likeness (QED) is 0.556. The van der Waals surface area contributed by atoms with E-state index in [0.29, 0.717) is 0 Å². The molecule has 1 aliphatic heterocycles. The number of carbonyl (C=O) groups is 1. The van der Waals surface area contributed by atoms with Gasteiger partial charge in [-0.2, -0.15) is 0 Å². The van der Waals surface area contributed by atoms with Crippen molar-refractivity contribution in [3.8, 4) is 6.57 Å². The summed E-state index contributed by atoms with van der Waals surface area (Å²) in [6.45, 7) is 11.1. The maximum Gasteiger partial charge on any atom is 0.219 e. The highest BCUT2D eigenvalue weighted by Gasteiger charge is 2.12. The summed E-state index contributed by atoms with van der Waals surface area (Å²) in [5, 5.41) is 6.50. The van der Waals surface area contributed by atoms with Gasteiger partial charge in [-0.25, -0.2) is 5.26 Å². The average Bonchev–Trinajstić information content (AvgIpc) is 2.64. The minimum absolute atomic E-state index is 0.225. The second-order valence-electron chi connectivity index (χ2n) is 2.21. The molecule has 0 atom stereocenters. The van der Waals surface area contributed by atoms with E-state index < -0.39 is 0 Å². The molecule has 0 aromatic carbocycles. The Bertz CT molecular complexity index is 126. The summed E-state index contributed by atoms with van der Waals surface area (Å²) in [7, 11) is 0. The zero-order valence-electron chi connectivity index (χ0n) is 8.21. The summed E-state index contributed by atoms with van der Waals surface area (Å²) in [5.41, 5.74) is 0. The van der Waals surface area contributed by atoms with E-state index in [9.17, 15) is 4.79 Å². The monoisotopic (exact) mass is 170 g/mol. The van der Waals surface area contributed by atoms with Crippen LogP contribution in [0.5, 0.6) is 0 Å². The van der Waals surface area contributed by atoms with Crippen molar-refractivity contribution in [1.29, 1.82) is 5.26 Å². The molecular formula is C9H18N2O. The van der Waals surface area contributed by atoms with E-state index in [0.717, 1.165) is 13.1 Å². The van der Waals surface area contributed by atoms with Gasteiger partial charge in [-0.15, -0.1) is 0 Å². The van der Waals surface area contributed by atoms with Crippen molar-refractivity contribution >= 4 is 5.91 Å². The zero-order chi connectivity index (χ0) is 9.98. The molecule has 70 valence electrons. The van der Waals surface area contributed by atoms with Crippen molar-refractivity contribution in [3.05, 3.63) is 0 Å². The minimum Gasteiger partial charge on any atom is -0.343 e. The number of hydrogen-bond donors (Lipinski definition) is 0. The fourth-order valence-electron chi connectivity index (χ4n) is 1.03. The topological polar surface area (TPSA) is 44.1 Å². The van der Waals surface area contributed by atoms with E-state index in [-0.39, 0.29) is 5.91 Å². The van der Waals surface area contributed by atoms with E-state index in [2.05, 4.69) is 6.57 Å². The first-order chi connectivity index (χ1) is 5.80. The lowest BCUT2D eigenvalue weighted by Gasteiger charge is -2.10. The first-order valence-corrected chi connectivity index (χ1v) is 4.32. The molecule has 1 saturated heterocycles. The lowest BCUT2D eigenvalue weighted by atomic mass is 10.4. The number of rotatable bonds is 0. The van der Waals surface area contributed by atoms with E-state index in [1.807, 2.05) is 18.7 Å². The van der Waals surface area contributed by atoms with Crippen LogP contribution in [0.3, 0.4) is 0 Å². The molecular weight excluding hydrogens is 152 g/mol. The van der Waals surface area contributed by atoms with E-state index in [1.54, 1.807) is 6.92 Å². The molecule has 0 bridgehead atoms. The van der Waals surface area contributed by atoms with Gasteiger partial charge in [0.25, 0.3) is 0 Å². The third kappa shape index (κ3) is 5.72. The molecule has 0 aromatic heterocycles. The van der Waals surface area contributed by atoms with Gasteiger partial charge in [0.05, 0.1) is 0 Å². The molecule has 1 fully saturated rings. The molecule has 0 saturated carbocycles. The van der Waals surface area contributed by atoms with Crippen LogP contribution < -0.4 is 0 Å². The number of nitrogens with zero attached hydrogens (tertiary/aromatic N) is 2. The van der Waals surface area contributed by atoms with E-state index in [4.69, 9.17) is 5.26 Å². The van der Waals surface area contributed by atoms with Gasteiger partial charge in [0.1, 0.15) is 0 Å². The summed E-state index contributed by atoms with van der Waals surface area (Å²) in [4.78, 5) is 12.5. The van der Waals surface area contributed by atoms with Crippen LogP contribution in [0.25, 0.3) is 0 Å². The number of likely N-dealkylation sites (tertiary alicyclic amines) is 1. The van der Waals surface area contributed by atoms with E-state index >= 15 is 0 Å². The second-order valence-corrected chi connectivity index (χ2v) is 2.21. The Labute approximate surface area is 75.0 Å². The second kappa shape index (κ2) is 9.96. The number of amides is 1. The Hall–Kier alpha value is -1.04. The standard InChI is InChI=1S/C6H11NO.C2H6.CHN/c1-6(8)7-4-2-3-5-7;2*1-2/h2-5H2,1H3;1-2H3;1H. The molecule has 1 aliphatic rings. The summed E-state index contributed by atoms with van der Waals surface area (Å²) < 4.78 is 0. The van der Waals surface area contributed by atoms with Crippen LogP contribution in [0.2, 0.25) is 0 Å². The Morgan fingerprint density at radius 2 is 1.58 bits per heavy atom. The van der Waals surface area contributed by atoms with Crippen molar-refractivity contribution < 1.29 is 4.79 Å². The van der Waals surface area contributed by atoms with Gasteiger partial charge in [-0.3, -0.25) is 4.79 Å². The molecule has 0 aliphatic carbocycles. The summed E-state index contributed by atoms with van der Waals surface area (Å²) in [6, 6.07) is 0. The molecule has 0 N–H and O–H groups in total. The Morgan fingerprint density at radius 3 is 1.75 bits per heavy atom. The van der Waals surface area contributed by atoms with Gasteiger partial charge in [0, 0.05) is 26.6 Å². The van der Waals surface area contributed by atoms with Crippen LogP contribution in [0.1, 0.15) is 33.6 Å². The molecule has 0 aromatic rings. The molecule has 3 heteroatoms. The maximum atomic E-state index is 10.6. The smallest absolute Gasteiger partial charge is 0.219 e. The summed E-state index contributed by atoms with van der Waals surface area (Å²) >= 11 is 0. The highest BCUT2D eigenvalue weighted by atomic mass is 16.2. The van der Waals surface area contributed by atoms with Gasteiger partial charge >= 0.3 is 0 Å². The lowest BCUT2D eigenvalue weighted by molar-refractivity contribution is -0.127. The van der Waals surface area contributed by atoms with Crippen LogP contribution in [-0.2, 0) is 4.79 Å². The molecule has 1 rings (SSSR count). The van der Waals surface area contributed by atoms with Gasteiger partial charge in [0.2, 0.25) is 5.91 Å². The molecule has 0 unspecified atom stereocenters. The minimum atomic E-state index is 0.225. The number of carbonyl (C=O) groups excluding carboxylic acids is 1. The third-order valence-electron chi connectivity index (χ3n) is 1.55. The highest BCUT2D eigenvalue weighted by molar-refractivity contribution is 5.73. The normalized spacial score (nSPS) is 13.6. The Balaban J connectivity index is 0. The van der Waals surface area contributed by atoms with Crippen molar-refractivity contribution in [1.82, 2.24) is 4.90 Å². The van der Waals surface area contributed by atoms with Crippen LogP contribution in [0, 0.1) is 11.8 Å². The number of nitriles is 1. The van der Waals surface area contributed by atoms with Gasteiger partial charge in [-0.05, 0) is 12.8 Å². The summed E-state index contributed by atoms with van der Waals surface area (Å²) in [5.74, 6) is 0.225. The highest BCUT2D eigenvalue weighted by Crippen LogP contribution is 2.05. The van der Waals surface area contributed by atoms with Crippen LogP contribution in [0.4, 0.5) is 0 Å². The van der Waals surface area contributed by atoms with Crippen molar-refractivity contribution in [3.63, 3.8) is 0 Å². The van der Waals surface area contributed by atoms with Crippen LogP contribution in [0.15, 0.2) is 0 Å². The van der Waals surface area contributed by atoms with Gasteiger partial charge in [-0.1, -0.05) is 13.8 Å². The predicted octanol–water partition coefficient (Wildman–Crippen LogP) is 1.79. The predicted molar refractivity (Wildman–Crippen MR) is 49.5 cm³/mol. The molecule has 3 nitrogen and oxygen atoms in total. The van der Waals surface area contributed by atoms with Crippen molar-refractivity contribution in [2.24, 2.45) is 0 Å². The number of hydrogen-bond acceptors (Lipinski definition) is 2. The molecule has 12 heavy (non-hydrogen) atoms. The van der Waals surface area contributed by atoms with Crippen LogP contribution in [-0.4, -0.2) is 23.9 Å². The molecule has 0 spiro atoms. The van der Waals surface area contributed by atoms with Crippen LogP contribution >= 0.6 is 0 Å². The zero-order valence-corrected chi connectivity index (χ0v) is 8.21. The lowest BCUT2D eigenvalue weighted by Crippen LogP contribution is -2.24. The molecule has 1 amide bonds.